The summed E-state index contributed by atoms with van der Waals surface area (Å²) in [7, 11) is 0. The molecule has 2 aromatic heterocycles. The quantitative estimate of drug-likeness (QED) is 0.899. The van der Waals surface area contributed by atoms with Crippen LogP contribution >= 0.6 is 0 Å². The van der Waals surface area contributed by atoms with Crippen LogP contribution in [0.1, 0.15) is 41.6 Å². The van der Waals surface area contributed by atoms with Crippen LogP contribution in [0.3, 0.4) is 0 Å². The van der Waals surface area contributed by atoms with Crippen LogP contribution in [0.25, 0.3) is 0 Å². The minimum absolute atomic E-state index is 0.438. The van der Waals surface area contributed by atoms with Gasteiger partial charge in [-0.15, -0.1) is 0 Å². The predicted molar refractivity (Wildman–Crippen MR) is 67.3 cm³/mol. The second kappa shape index (κ2) is 4.57. The molecule has 0 aromatic carbocycles. The molecule has 0 amide bonds. The van der Waals surface area contributed by atoms with Crippen molar-refractivity contribution in [1.29, 1.82) is 0 Å². The topological polar surface area (TPSA) is 55.9 Å². The summed E-state index contributed by atoms with van der Waals surface area (Å²) in [6.07, 6.45) is 6.27. The predicted octanol–water partition coefficient (Wildman–Crippen LogP) is 1.96. The van der Waals surface area contributed by atoms with Gasteiger partial charge in [-0.25, -0.2) is 4.98 Å². The molecule has 1 aliphatic heterocycles. The van der Waals surface area contributed by atoms with Crippen LogP contribution in [0.5, 0.6) is 0 Å². The van der Waals surface area contributed by atoms with Crippen molar-refractivity contribution in [2.24, 2.45) is 0 Å². The minimum atomic E-state index is 0.438. The van der Waals surface area contributed by atoms with Gasteiger partial charge >= 0.3 is 0 Å². The lowest BCUT2D eigenvalue weighted by molar-refractivity contribution is 0.392. The molecule has 1 aliphatic rings. The molecule has 1 fully saturated rings. The van der Waals surface area contributed by atoms with Crippen molar-refractivity contribution >= 4 is 0 Å². The van der Waals surface area contributed by atoms with Gasteiger partial charge in [-0.2, -0.15) is 0 Å². The van der Waals surface area contributed by atoms with Gasteiger partial charge in [0.05, 0.1) is 24.3 Å². The van der Waals surface area contributed by atoms with Crippen molar-refractivity contribution in [2.75, 3.05) is 6.54 Å². The van der Waals surface area contributed by atoms with E-state index in [2.05, 4.69) is 20.0 Å². The third-order valence-corrected chi connectivity index (χ3v) is 3.67. The molecule has 2 aromatic rings. The Labute approximate surface area is 106 Å². The minimum Gasteiger partial charge on any atom is -0.361 e. The first kappa shape index (κ1) is 11.5. The fourth-order valence-corrected chi connectivity index (χ4v) is 2.59. The summed E-state index contributed by atoms with van der Waals surface area (Å²) in [5, 5.41) is 7.51. The fourth-order valence-electron chi connectivity index (χ4n) is 2.59. The van der Waals surface area contributed by atoms with Crippen LogP contribution in [-0.2, 0) is 6.54 Å². The van der Waals surface area contributed by atoms with Crippen molar-refractivity contribution in [2.45, 2.75) is 39.3 Å². The summed E-state index contributed by atoms with van der Waals surface area (Å²) in [4.78, 5) is 4.28. The molecular formula is C13H18N4O. The maximum absolute atomic E-state index is 5.21. The van der Waals surface area contributed by atoms with Crippen LogP contribution < -0.4 is 5.32 Å². The van der Waals surface area contributed by atoms with Gasteiger partial charge in [0, 0.05) is 17.8 Å². The molecule has 5 nitrogen and oxygen atoms in total. The molecule has 3 rings (SSSR count). The number of aryl methyl sites for hydroxylation is 2. The van der Waals surface area contributed by atoms with Gasteiger partial charge in [-0.3, -0.25) is 0 Å². The summed E-state index contributed by atoms with van der Waals surface area (Å²) >= 11 is 0. The average Bonchev–Trinajstić information content (AvgIpc) is 3.06. The van der Waals surface area contributed by atoms with E-state index in [0.717, 1.165) is 30.1 Å². The molecule has 1 atom stereocenters. The summed E-state index contributed by atoms with van der Waals surface area (Å²) in [5.41, 5.74) is 3.38. The Kier molecular flexibility index (Phi) is 2.91. The molecule has 1 saturated heterocycles. The highest BCUT2D eigenvalue weighted by molar-refractivity contribution is 5.22. The highest BCUT2D eigenvalue weighted by atomic mass is 16.5. The highest BCUT2D eigenvalue weighted by Crippen LogP contribution is 2.24. The normalized spacial score (nSPS) is 19.6. The molecule has 5 heteroatoms. The van der Waals surface area contributed by atoms with Crippen molar-refractivity contribution in [3.63, 3.8) is 0 Å². The highest BCUT2D eigenvalue weighted by Gasteiger charge is 2.20. The Bertz CT molecular complexity index is 517. The number of nitrogens with zero attached hydrogens (tertiary/aromatic N) is 3. The van der Waals surface area contributed by atoms with E-state index in [0.29, 0.717) is 6.04 Å². The second-order valence-corrected chi connectivity index (χ2v) is 4.90. The smallest absolute Gasteiger partial charge is 0.138 e. The van der Waals surface area contributed by atoms with Crippen LogP contribution in [0, 0.1) is 13.8 Å². The standard InChI is InChI=1S/C13H18N4O/c1-9-11(10(2)18-16-9)7-17-8-14-6-13(17)12-4-3-5-15-12/h6,8,12,15H,3-5,7H2,1-2H3/t12-/m0/s1. The van der Waals surface area contributed by atoms with Crippen LogP contribution in [-0.4, -0.2) is 21.3 Å². The van der Waals surface area contributed by atoms with Crippen molar-refractivity contribution in [3.8, 4) is 0 Å². The Morgan fingerprint density at radius 3 is 3.06 bits per heavy atom. The molecule has 3 heterocycles. The Hall–Kier alpha value is -1.62. The molecule has 0 aliphatic carbocycles. The summed E-state index contributed by atoms with van der Waals surface area (Å²) in [6.45, 7) is 5.83. The van der Waals surface area contributed by atoms with Gasteiger partial charge in [0.2, 0.25) is 0 Å². The summed E-state index contributed by atoms with van der Waals surface area (Å²) < 4.78 is 7.40. The largest absolute Gasteiger partial charge is 0.361 e. The molecule has 1 N–H and O–H groups in total. The number of nitrogens with one attached hydrogen (secondary N) is 1. The molecule has 0 bridgehead atoms. The first-order valence-electron chi connectivity index (χ1n) is 6.41. The molecule has 0 radical (unpaired) electrons. The SMILES string of the molecule is Cc1noc(C)c1Cn1cncc1[C@@H]1CCCN1. The lowest BCUT2D eigenvalue weighted by Gasteiger charge is -2.13. The molecule has 0 spiro atoms. The van der Waals surface area contributed by atoms with E-state index < -0.39 is 0 Å². The molecule has 18 heavy (non-hydrogen) atoms. The van der Waals surface area contributed by atoms with Crippen LogP contribution in [0.4, 0.5) is 0 Å². The average molecular weight is 246 g/mol. The maximum atomic E-state index is 5.21. The number of hydrogen-bond donors (Lipinski definition) is 1. The van der Waals surface area contributed by atoms with E-state index in [9.17, 15) is 0 Å². The van der Waals surface area contributed by atoms with E-state index in [1.165, 1.54) is 18.5 Å². The van der Waals surface area contributed by atoms with Crippen molar-refractivity contribution in [3.05, 3.63) is 35.2 Å². The van der Waals surface area contributed by atoms with Crippen LogP contribution in [0.15, 0.2) is 17.0 Å². The second-order valence-electron chi connectivity index (χ2n) is 4.90. The Morgan fingerprint density at radius 2 is 2.39 bits per heavy atom. The number of aromatic nitrogens is 3. The zero-order valence-corrected chi connectivity index (χ0v) is 10.8. The van der Waals surface area contributed by atoms with E-state index in [4.69, 9.17) is 4.52 Å². The first-order chi connectivity index (χ1) is 8.75. The molecule has 0 saturated carbocycles. The van der Waals surface area contributed by atoms with Gasteiger partial charge in [-0.05, 0) is 33.2 Å². The zero-order chi connectivity index (χ0) is 12.5. The zero-order valence-electron chi connectivity index (χ0n) is 10.8. The van der Waals surface area contributed by atoms with Crippen LogP contribution in [0.2, 0.25) is 0 Å². The Balaban J connectivity index is 1.87. The van der Waals surface area contributed by atoms with Gasteiger partial charge in [0.15, 0.2) is 0 Å². The fraction of sp³-hybridized carbons (Fsp3) is 0.538. The third-order valence-electron chi connectivity index (χ3n) is 3.67. The Morgan fingerprint density at radius 1 is 1.50 bits per heavy atom. The maximum Gasteiger partial charge on any atom is 0.138 e. The summed E-state index contributed by atoms with van der Waals surface area (Å²) in [6, 6.07) is 0.438. The van der Waals surface area contributed by atoms with E-state index in [-0.39, 0.29) is 0 Å². The molecular weight excluding hydrogens is 228 g/mol. The van der Waals surface area contributed by atoms with E-state index in [1.54, 1.807) is 0 Å². The van der Waals surface area contributed by atoms with Gasteiger partial charge in [-0.1, -0.05) is 5.16 Å². The van der Waals surface area contributed by atoms with E-state index >= 15 is 0 Å². The number of hydrogen-bond acceptors (Lipinski definition) is 4. The first-order valence-corrected chi connectivity index (χ1v) is 6.41. The lowest BCUT2D eigenvalue weighted by atomic mass is 10.1. The van der Waals surface area contributed by atoms with Gasteiger partial charge in [0.1, 0.15) is 5.76 Å². The molecule has 0 unspecified atom stereocenters. The monoisotopic (exact) mass is 246 g/mol. The van der Waals surface area contributed by atoms with E-state index in [1.807, 2.05) is 26.4 Å². The number of imidazole rings is 1. The third kappa shape index (κ3) is 1.95. The van der Waals surface area contributed by atoms with Gasteiger partial charge < -0.3 is 14.4 Å². The van der Waals surface area contributed by atoms with Crippen molar-refractivity contribution in [1.82, 2.24) is 20.0 Å². The van der Waals surface area contributed by atoms with Crippen molar-refractivity contribution < 1.29 is 4.52 Å². The lowest BCUT2D eigenvalue weighted by Crippen LogP contribution is -2.17. The number of rotatable bonds is 3. The van der Waals surface area contributed by atoms with Gasteiger partial charge in [0.25, 0.3) is 0 Å². The summed E-state index contributed by atoms with van der Waals surface area (Å²) in [5.74, 6) is 0.895. The molecule has 96 valence electrons.